The van der Waals surface area contributed by atoms with Gasteiger partial charge in [-0.1, -0.05) is 13.8 Å². The molecule has 0 fully saturated rings. The lowest BCUT2D eigenvalue weighted by atomic mass is 10.2. The zero-order valence-electron chi connectivity index (χ0n) is 11.4. The molecule has 0 atom stereocenters. The Morgan fingerprint density at radius 3 is 2.78 bits per heavy atom. The van der Waals surface area contributed by atoms with Crippen molar-refractivity contribution < 1.29 is 4.79 Å². The summed E-state index contributed by atoms with van der Waals surface area (Å²) < 4.78 is 1.89. The van der Waals surface area contributed by atoms with Crippen molar-refractivity contribution in [3.05, 3.63) is 18.5 Å². The Morgan fingerprint density at radius 2 is 2.17 bits per heavy atom. The number of amides is 1. The molecular weight excluding hydrogens is 228 g/mol. The number of hydrogen-bond acceptors (Lipinski definition) is 3. The normalized spacial score (nSPS) is 10.8. The van der Waals surface area contributed by atoms with Crippen molar-refractivity contribution in [3.63, 3.8) is 0 Å². The first-order chi connectivity index (χ1) is 8.76. The van der Waals surface area contributed by atoms with Crippen LogP contribution in [0.25, 0.3) is 0 Å². The average molecular weight is 252 g/mol. The third-order valence-electron chi connectivity index (χ3n) is 2.94. The Bertz CT molecular complexity index is 320. The maximum Gasteiger partial charge on any atom is 0.234 e. The molecule has 102 valence electrons. The van der Waals surface area contributed by atoms with Crippen LogP contribution in [0.4, 0.5) is 0 Å². The maximum atomic E-state index is 11.6. The fourth-order valence-corrected chi connectivity index (χ4v) is 1.77. The van der Waals surface area contributed by atoms with Crippen molar-refractivity contribution in [1.82, 2.24) is 20.4 Å². The lowest BCUT2D eigenvalue weighted by Crippen LogP contribution is -2.40. The lowest BCUT2D eigenvalue weighted by Gasteiger charge is -2.14. The minimum absolute atomic E-state index is 0.0859. The first kappa shape index (κ1) is 14.7. The van der Waals surface area contributed by atoms with Gasteiger partial charge in [-0.2, -0.15) is 5.10 Å². The highest BCUT2D eigenvalue weighted by atomic mass is 16.1. The van der Waals surface area contributed by atoms with E-state index in [0.29, 0.717) is 12.6 Å². The largest absolute Gasteiger partial charge is 0.352 e. The summed E-state index contributed by atoms with van der Waals surface area (Å²) in [5.41, 5.74) is 0. The average Bonchev–Trinajstić information content (AvgIpc) is 2.88. The van der Waals surface area contributed by atoms with E-state index in [1.54, 1.807) is 6.20 Å². The molecule has 0 aliphatic carbocycles. The second kappa shape index (κ2) is 8.69. The molecule has 0 saturated carbocycles. The van der Waals surface area contributed by atoms with Gasteiger partial charge < -0.3 is 10.6 Å². The number of hydrogen-bond donors (Lipinski definition) is 2. The van der Waals surface area contributed by atoms with Gasteiger partial charge in [0.15, 0.2) is 0 Å². The van der Waals surface area contributed by atoms with E-state index >= 15 is 0 Å². The molecule has 1 aromatic heterocycles. The highest BCUT2D eigenvalue weighted by Crippen LogP contribution is 1.95. The van der Waals surface area contributed by atoms with Crippen molar-refractivity contribution in [2.24, 2.45) is 0 Å². The molecule has 18 heavy (non-hydrogen) atoms. The second-order valence-electron chi connectivity index (χ2n) is 4.38. The van der Waals surface area contributed by atoms with Gasteiger partial charge in [-0.3, -0.25) is 9.48 Å². The van der Waals surface area contributed by atoms with E-state index in [1.807, 2.05) is 16.9 Å². The van der Waals surface area contributed by atoms with Crippen molar-refractivity contribution >= 4 is 5.91 Å². The third-order valence-corrected chi connectivity index (χ3v) is 2.94. The number of carbonyl (C=O) groups is 1. The summed E-state index contributed by atoms with van der Waals surface area (Å²) >= 11 is 0. The Kier molecular flexibility index (Phi) is 7.10. The van der Waals surface area contributed by atoms with Crippen LogP contribution in [-0.4, -0.2) is 34.8 Å². The SMILES string of the molecule is CCC(CC)NC(=O)CNCCCn1cccn1. The van der Waals surface area contributed by atoms with Gasteiger partial charge >= 0.3 is 0 Å². The summed E-state index contributed by atoms with van der Waals surface area (Å²) in [6, 6.07) is 2.22. The maximum absolute atomic E-state index is 11.6. The monoisotopic (exact) mass is 252 g/mol. The summed E-state index contributed by atoms with van der Waals surface area (Å²) in [6.07, 6.45) is 6.67. The third kappa shape index (κ3) is 5.82. The highest BCUT2D eigenvalue weighted by Gasteiger charge is 2.06. The van der Waals surface area contributed by atoms with E-state index in [1.165, 1.54) is 0 Å². The van der Waals surface area contributed by atoms with Crippen LogP contribution in [0.3, 0.4) is 0 Å². The summed E-state index contributed by atoms with van der Waals surface area (Å²) in [5.74, 6) is 0.0859. The van der Waals surface area contributed by atoms with Gasteiger partial charge in [0.25, 0.3) is 0 Å². The van der Waals surface area contributed by atoms with Gasteiger partial charge in [0.05, 0.1) is 6.54 Å². The van der Waals surface area contributed by atoms with Crippen LogP contribution in [0.15, 0.2) is 18.5 Å². The second-order valence-corrected chi connectivity index (χ2v) is 4.38. The molecule has 0 bridgehead atoms. The molecular formula is C13H24N4O. The quantitative estimate of drug-likeness (QED) is 0.649. The summed E-state index contributed by atoms with van der Waals surface area (Å²) in [5, 5.41) is 10.3. The number of carbonyl (C=O) groups excluding carboxylic acids is 1. The van der Waals surface area contributed by atoms with E-state index in [-0.39, 0.29) is 5.91 Å². The minimum Gasteiger partial charge on any atom is -0.352 e. The van der Waals surface area contributed by atoms with Gasteiger partial charge in [-0.15, -0.1) is 0 Å². The number of rotatable bonds is 9. The molecule has 1 rings (SSSR count). The number of nitrogens with one attached hydrogen (secondary N) is 2. The molecule has 5 nitrogen and oxygen atoms in total. The molecule has 1 amide bonds. The van der Waals surface area contributed by atoms with Crippen LogP contribution in [0.2, 0.25) is 0 Å². The van der Waals surface area contributed by atoms with E-state index < -0.39 is 0 Å². The Balaban J connectivity index is 2.01. The number of aryl methyl sites for hydroxylation is 1. The highest BCUT2D eigenvalue weighted by molar-refractivity contribution is 5.78. The Morgan fingerprint density at radius 1 is 1.39 bits per heavy atom. The van der Waals surface area contributed by atoms with Gasteiger partial charge in [0.2, 0.25) is 5.91 Å². The Hall–Kier alpha value is -1.36. The molecule has 5 heteroatoms. The standard InChI is InChI=1S/C13H24N4O/c1-3-12(4-2)16-13(18)11-14-7-5-9-17-10-6-8-15-17/h6,8,10,12,14H,3-5,7,9,11H2,1-2H3,(H,16,18). The van der Waals surface area contributed by atoms with Crippen molar-refractivity contribution in [2.45, 2.75) is 45.7 Å². The Labute approximate surface area is 109 Å². The fraction of sp³-hybridized carbons (Fsp3) is 0.692. The van der Waals surface area contributed by atoms with Gasteiger partial charge in [-0.25, -0.2) is 0 Å². The van der Waals surface area contributed by atoms with Crippen LogP contribution in [-0.2, 0) is 11.3 Å². The lowest BCUT2D eigenvalue weighted by molar-refractivity contribution is -0.121. The van der Waals surface area contributed by atoms with E-state index in [4.69, 9.17) is 0 Å². The predicted molar refractivity (Wildman–Crippen MR) is 72.2 cm³/mol. The topological polar surface area (TPSA) is 59.0 Å². The minimum atomic E-state index is 0.0859. The first-order valence-corrected chi connectivity index (χ1v) is 6.73. The molecule has 1 heterocycles. The van der Waals surface area contributed by atoms with E-state index in [2.05, 4.69) is 29.6 Å². The molecule has 0 saturated heterocycles. The van der Waals surface area contributed by atoms with Gasteiger partial charge in [-0.05, 0) is 31.9 Å². The molecule has 2 N–H and O–H groups in total. The fourth-order valence-electron chi connectivity index (χ4n) is 1.77. The molecule has 0 radical (unpaired) electrons. The van der Waals surface area contributed by atoms with Gasteiger partial charge in [0.1, 0.15) is 0 Å². The first-order valence-electron chi connectivity index (χ1n) is 6.73. The summed E-state index contributed by atoms with van der Waals surface area (Å²) in [7, 11) is 0. The number of nitrogens with zero attached hydrogens (tertiary/aromatic N) is 2. The van der Waals surface area contributed by atoms with Crippen LogP contribution < -0.4 is 10.6 Å². The van der Waals surface area contributed by atoms with E-state index in [9.17, 15) is 4.79 Å². The van der Waals surface area contributed by atoms with Crippen molar-refractivity contribution in [2.75, 3.05) is 13.1 Å². The molecule has 0 aromatic carbocycles. The number of aromatic nitrogens is 2. The summed E-state index contributed by atoms with van der Waals surface area (Å²) in [4.78, 5) is 11.6. The van der Waals surface area contributed by atoms with Crippen molar-refractivity contribution in [1.29, 1.82) is 0 Å². The van der Waals surface area contributed by atoms with Crippen LogP contribution in [0, 0.1) is 0 Å². The molecule has 0 unspecified atom stereocenters. The molecule has 0 aliphatic heterocycles. The van der Waals surface area contributed by atoms with Crippen LogP contribution in [0.1, 0.15) is 33.1 Å². The molecule has 0 spiro atoms. The van der Waals surface area contributed by atoms with Crippen molar-refractivity contribution in [3.8, 4) is 0 Å². The predicted octanol–water partition coefficient (Wildman–Crippen LogP) is 1.17. The van der Waals surface area contributed by atoms with Crippen LogP contribution in [0.5, 0.6) is 0 Å². The van der Waals surface area contributed by atoms with Crippen LogP contribution >= 0.6 is 0 Å². The zero-order valence-corrected chi connectivity index (χ0v) is 11.4. The van der Waals surface area contributed by atoms with E-state index in [0.717, 1.165) is 32.4 Å². The van der Waals surface area contributed by atoms with Gasteiger partial charge in [0, 0.05) is 25.0 Å². The smallest absolute Gasteiger partial charge is 0.234 e. The molecule has 0 aliphatic rings. The molecule has 1 aromatic rings. The summed E-state index contributed by atoms with van der Waals surface area (Å²) in [6.45, 7) is 6.29. The zero-order chi connectivity index (χ0) is 13.2.